The molecule has 1 fully saturated rings. The van der Waals surface area contributed by atoms with Gasteiger partial charge in [0.25, 0.3) is 0 Å². The highest BCUT2D eigenvalue weighted by molar-refractivity contribution is 5.67. The lowest BCUT2D eigenvalue weighted by molar-refractivity contribution is 0.136. The summed E-state index contributed by atoms with van der Waals surface area (Å²) in [5.41, 5.74) is 3.39. The van der Waals surface area contributed by atoms with E-state index < -0.39 is 0 Å². The molecule has 0 aliphatic carbocycles. The molecular weight excluding hydrogens is 228 g/mol. The van der Waals surface area contributed by atoms with Crippen LogP contribution in [0.25, 0.3) is 0 Å². The van der Waals surface area contributed by atoms with Crippen molar-refractivity contribution < 1.29 is 9.53 Å². The van der Waals surface area contributed by atoms with Gasteiger partial charge in [-0.25, -0.2) is 4.79 Å². The molecule has 0 saturated carbocycles. The molecule has 2 rings (SSSR count). The number of aryl methyl sites for hydroxylation is 2. The molecule has 18 heavy (non-hydrogen) atoms. The Balaban J connectivity index is 1.83. The highest BCUT2D eigenvalue weighted by Crippen LogP contribution is 2.12. The van der Waals surface area contributed by atoms with E-state index in [1.807, 2.05) is 19.9 Å². The highest BCUT2D eigenvalue weighted by atomic mass is 16.5. The van der Waals surface area contributed by atoms with Crippen LogP contribution >= 0.6 is 0 Å². The van der Waals surface area contributed by atoms with Crippen molar-refractivity contribution in [3.8, 4) is 0 Å². The first-order valence-electron chi connectivity index (χ1n) is 6.35. The third-order valence-corrected chi connectivity index (χ3v) is 3.25. The number of hydrogen-bond acceptors (Lipinski definition) is 3. The van der Waals surface area contributed by atoms with Crippen LogP contribution in [0.15, 0.2) is 18.2 Å². The standard InChI is InChI=1S/C14H20N2O2/c1-10-3-4-11(2)12(7-10)9-18-14(17)16-13-5-6-15-8-13/h3-4,7,13,15H,5-6,8-9H2,1-2H3,(H,16,17). The van der Waals surface area contributed by atoms with E-state index in [9.17, 15) is 4.79 Å². The minimum atomic E-state index is -0.329. The molecule has 1 amide bonds. The number of nitrogens with one attached hydrogen (secondary N) is 2. The lowest BCUT2D eigenvalue weighted by Gasteiger charge is -2.12. The maximum atomic E-state index is 11.6. The minimum absolute atomic E-state index is 0.205. The van der Waals surface area contributed by atoms with E-state index in [1.54, 1.807) is 0 Å². The zero-order valence-electron chi connectivity index (χ0n) is 11.0. The van der Waals surface area contributed by atoms with E-state index in [-0.39, 0.29) is 12.1 Å². The number of amides is 1. The molecule has 1 saturated heterocycles. The molecule has 0 spiro atoms. The fourth-order valence-corrected chi connectivity index (χ4v) is 2.09. The van der Waals surface area contributed by atoms with Crippen molar-refractivity contribution in [1.29, 1.82) is 0 Å². The maximum Gasteiger partial charge on any atom is 0.407 e. The Hall–Kier alpha value is -1.55. The molecule has 1 aliphatic heterocycles. The van der Waals surface area contributed by atoms with Crippen LogP contribution in [-0.2, 0) is 11.3 Å². The van der Waals surface area contributed by atoms with Gasteiger partial charge in [-0.3, -0.25) is 0 Å². The van der Waals surface area contributed by atoms with Crippen LogP contribution in [0.3, 0.4) is 0 Å². The predicted molar refractivity (Wildman–Crippen MR) is 70.5 cm³/mol. The third-order valence-electron chi connectivity index (χ3n) is 3.25. The summed E-state index contributed by atoms with van der Waals surface area (Å²) in [7, 11) is 0. The first kappa shape index (κ1) is 12.9. The van der Waals surface area contributed by atoms with Crippen LogP contribution in [0.1, 0.15) is 23.1 Å². The van der Waals surface area contributed by atoms with Gasteiger partial charge in [0.1, 0.15) is 6.61 Å². The molecule has 4 heteroatoms. The van der Waals surface area contributed by atoms with Crippen LogP contribution in [0, 0.1) is 13.8 Å². The molecule has 4 nitrogen and oxygen atoms in total. The molecule has 0 aromatic heterocycles. The molecule has 1 aromatic rings. The molecule has 1 aromatic carbocycles. The van der Waals surface area contributed by atoms with Gasteiger partial charge in [0.15, 0.2) is 0 Å². The molecule has 1 unspecified atom stereocenters. The van der Waals surface area contributed by atoms with Gasteiger partial charge < -0.3 is 15.4 Å². The smallest absolute Gasteiger partial charge is 0.407 e. The molecular formula is C14H20N2O2. The number of hydrogen-bond donors (Lipinski definition) is 2. The van der Waals surface area contributed by atoms with Crippen LogP contribution < -0.4 is 10.6 Å². The minimum Gasteiger partial charge on any atom is -0.445 e. The Bertz CT molecular complexity index is 426. The number of ether oxygens (including phenoxy) is 1. The van der Waals surface area contributed by atoms with E-state index in [0.717, 1.165) is 30.6 Å². The Kier molecular flexibility index (Phi) is 4.20. The number of rotatable bonds is 3. The van der Waals surface area contributed by atoms with Gasteiger partial charge in [-0.05, 0) is 37.9 Å². The first-order chi connectivity index (χ1) is 8.65. The topological polar surface area (TPSA) is 50.4 Å². The quantitative estimate of drug-likeness (QED) is 0.859. The summed E-state index contributed by atoms with van der Waals surface area (Å²) in [5, 5.41) is 6.06. The van der Waals surface area contributed by atoms with E-state index in [4.69, 9.17) is 4.74 Å². The average molecular weight is 248 g/mol. The second kappa shape index (κ2) is 5.87. The van der Waals surface area contributed by atoms with Gasteiger partial charge in [-0.15, -0.1) is 0 Å². The summed E-state index contributed by atoms with van der Waals surface area (Å²) in [5.74, 6) is 0. The van der Waals surface area contributed by atoms with E-state index >= 15 is 0 Å². The van der Waals surface area contributed by atoms with Crippen molar-refractivity contribution in [2.75, 3.05) is 13.1 Å². The zero-order chi connectivity index (χ0) is 13.0. The summed E-state index contributed by atoms with van der Waals surface area (Å²) < 4.78 is 5.25. The van der Waals surface area contributed by atoms with Crippen LogP contribution in [0.4, 0.5) is 4.79 Å². The third kappa shape index (κ3) is 3.47. The Labute approximate surface area is 108 Å². The number of alkyl carbamates (subject to hydrolysis) is 1. The van der Waals surface area contributed by atoms with Gasteiger partial charge >= 0.3 is 6.09 Å². The summed E-state index contributed by atoms with van der Waals surface area (Å²) in [6.07, 6.45) is 0.642. The predicted octanol–water partition coefficient (Wildman–Crippen LogP) is 1.89. The van der Waals surface area contributed by atoms with Gasteiger partial charge in [0.2, 0.25) is 0 Å². The van der Waals surface area contributed by atoms with Crippen molar-refractivity contribution in [2.45, 2.75) is 32.9 Å². The van der Waals surface area contributed by atoms with Gasteiger partial charge in [-0.1, -0.05) is 23.8 Å². The highest BCUT2D eigenvalue weighted by Gasteiger charge is 2.17. The summed E-state index contributed by atoms with van der Waals surface area (Å²) >= 11 is 0. The summed E-state index contributed by atoms with van der Waals surface area (Å²) in [6.45, 7) is 6.18. The van der Waals surface area contributed by atoms with Crippen molar-refractivity contribution in [1.82, 2.24) is 10.6 Å². The fraction of sp³-hybridized carbons (Fsp3) is 0.500. The lowest BCUT2D eigenvalue weighted by Crippen LogP contribution is -2.36. The fourth-order valence-electron chi connectivity index (χ4n) is 2.09. The van der Waals surface area contributed by atoms with E-state index in [2.05, 4.69) is 22.8 Å². The largest absolute Gasteiger partial charge is 0.445 e. The van der Waals surface area contributed by atoms with Gasteiger partial charge in [0.05, 0.1) is 0 Å². The molecule has 0 bridgehead atoms. The zero-order valence-corrected chi connectivity index (χ0v) is 11.0. The number of benzene rings is 1. The van der Waals surface area contributed by atoms with Crippen molar-refractivity contribution in [3.05, 3.63) is 34.9 Å². The van der Waals surface area contributed by atoms with Crippen molar-refractivity contribution in [3.63, 3.8) is 0 Å². The van der Waals surface area contributed by atoms with Crippen LogP contribution in [-0.4, -0.2) is 25.2 Å². The maximum absolute atomic E-state index is 11.6. The van der Waals surface area contributed by atoms with Crippen molar-refractivity contribution >= 4 is 6.09 Å². The molecule has 2 N–H and O–H groups in total. The second-order valence-electron chi connectivity index (χ2n) is 4.84. The normalized spacial score (nSPS) is 18.7. The number of carbonyl (C=O) groups excluding carboxylic acids is 1. The Morgan fingerprint density at radius 3 is 3.06 bits per heavy atom. The van der Waals surface area contributed by atoms with Crippen LogP contribution in [0.5, 0.6) is 0 Å². The molecule has 1 heterocycles. The van der Waals surface area contributed by atoms with Gasteiger partial charge in [-0.2, -0.15) is 0 Å². The molecule has 1 aliphatic rings. The second-order valence-corrected chi connectivity index (χ2v) is 4.84. The lowest BCUT2D eigenvalue weighted by atomic mass is 10.1. The number of carbonyl (C=O) groups is 1. The van der Waals surface area contributed by atoms with Crippen LogP contribution in [0.2, 0.25) is 0 Å². The monoisotopic (exact) mass is 248 g/mol. The van der Waals surface area contributed by atoms with E-state index in [0.29, 0.717) is 6.61 Å². The average Bonchev–Trinajstić information content (AvgIpc) is 2.83. The summed E-state index contributed by atoms with van der Waals surface area (Å²) in [4.78, 5) is 11.6. The van der Waals surface area contributed by atoms with Gasteiger partial charge in [0, 0.05) is 12.6 Å². The Morgan fingerprint density at radius 1 is 1.50 bits per heavy atom. The Morgan fingerprint density at radius 2 is 2.33 bits per heavy atom. The first-order valence-corrected chi connectivity index (χ1v) is 6.35. The van der Waals surface area contributed by atoms with E-state index in [1.165, 1.54) is 5.56 Å². The SMILES string of the molecule is Cc1ccc(C)c(COC(=O)NC2CCNC2)c1. The molecule has 0 radical (unpaired) electrons. The molecule has 98 valence electrons. The summed E-state index contributed by atoms with van der Waals surface area (Å²) in [6, 6.07) is 6.37. The van der Waals surface area contributed by atoms with Crippen molar-refractivity contribution in [2.24, 2.45) is 0 Å². The molecule has 1 atom stereocenters.